The van der Waals surface area contributed by atoms with E-state index in [0.29, 0.717) is 18.5 Å². The van der Waals surface area contributed by atoms with E-state index in [0.717, 1.165) is 25.7 Å². The third-order valence-electron chi connectivity index (χ3n) is 4.86. The molecule has 0 aromatic heterocycles. The summed E-state index contributed by atoms with van der Waals surface area (Å²) in [5.41, 5.74) is 5.61. The van der Waals surface area contributed by atoms with E-state index in [1.165, 1.54) is 37.5 Å². The molecule has 6 heteroatoms. The highest BCUT2D eigenvalue weighted by atomic mass is 127. The number of nitrogens with two attached hydrogens (primary N) is 1. The van der Waals surface area contributed by atoms with Crippen LogP contribution in [0.25, 0.3) is 0 Å². The Bertz CT molecular complexity index is 547. The fraction of sp³-hybridized carbons (Fsp3) is 0.588. The second kappa shape index (κ2) is 7.77. The molecule has 0 bridgehead atoms. The van der Waals surface area contributed by atoms with Crippen molar-refractivity contribution in [2.75, 3.05) is 6.54 Å². The first-order valence-corrected chi connectivity index (χ1v) is 8.12. The van der Waals surface area contributed by atoms with Gasteiger partial charge in [0, 0.05) is 17.0 Å². The van der Waals surface area contributed by atoms with Gasteiger partial charge in [-0.1, -0.05) is 25.3 Å². The number of nitrogens with one attached hydrogen (secondary N) is 1. The van der Waals surface area contributed by atoms with Crippen molar-refractivity contribution in [1.29, 1.82) is 0 Å². The maximum Gasteiger partial charge on any atom is 0.188 e. The van der Waals surface area contributed by atoms with Gasteiger partial charge in [-0.15, -0.1) is 24.0 Å². The molecular weight excluding hydrogens is 411 g/mol. The Hall–Kier alpha value is -0.920. The van der Waals surface area contributed by atoms with E-state index in [-0.39, 0.29) is 29.5 Å². The SMILES string of the molecule is I.NC(=NCC1(c2c(F)cccc2F)CC1)NC1CCCCC1. The summed E-state index contributed by atoms with van der Waals surface area (Å²) < 4.78 is 27.9. The number of guanidine groups is 1. The van der Waals surface area contributed by atoms with Crippen LogP contribution < -0.4 is 11.1 Å². The number of benzene rings is 1. The molecule has 3 N–H and O–H groups in total. The van der Waals surface area contributed by atoms with Gasteiger partial charge in [0.25, 0.3) is 0 Å². The van der Waals surface area contributed by atoms with Crippen molar-refractivity contribution >= 4 is 29.9 Å². The summed E-state index contributed by atoms with van der Waals surface area (Å²) in [5.74, 6) is -0.562. The van der Waals surface area contributed by atoms with Gasteiger partial charge >= 0.3 is 0 Å². The van der Waals surface area contributed by atoms with E-state index in [1.807, 2.05) is 0 Å². The summed E-state index contributed by atoms with van der Waals surface area (Å²) in [4.78, 5) is 4.36. The van der Waals surface area contributed by atoms with Gasteiger partial charge in [0.05, 0.1) is 6.54 Å². The molecule has 2 aliphatic carbocycles. The van der Waals surface area contributed by atoms with Crippen LogP contribution in [0.5, 0.6) is 0 Å². The fourth-order valence-electron chi connectivity index (χ4n) is 3.38. The molecular formula is C17H24F2IN3. The van der Waals surface area contributed by atoms with E-state index in [4.69, 9.17) is 5.73 Å². The minimum atomic E-state index is -0.506. The van der Waals surface area contributed by atoms with Crippen LogP contribution in [0.4, 0.5) is 8.78 Å². The van der Waals surface area contributed by atoms with Crippen LogP contribution in [-0.4, -0.2) is 18.5 Å². The molecule has 2 saturated carbocycles. The summed E-state index contributed by atoms with van der Waals surface area (Å²) in [5, 5.41) is 3.24. The highest BCUT2D eigenvalue weighted by Crippen LogP contribution is 2.50. The predicted molar refractivity (Wildman–Crippen MR) is 99.2 cm³/mol. The number of hydrogen-bond donors (Lipinski definition) is 2. The van der Waals surface area contributed by atoms with Gasteiger partial charge in [-0.05, 0) is 37.8 Å². The molecule has 0 radical (unpaired) electrons. The lowest BCUT2D eigenvalue weighted by atomic mass is 9.95. The van der Waals surface area contributed by atoms with Gasteiger partial charge in [-0.3, -0.25) is 4.99 Å². The molecule has 0 unspecified atom stereocenters. The molecule has 23 heavy (non-hydrogen) atoms. The summed E-state index contributed by atoms with van der Waals surface area (Å²) in [6.07, 6.45) is 7.46. The maximum atomic E-state index is 13.9. The van der Waals surface area contributed by atoms with Gasteiger partial charge in [-0.25, -0.2) is 8.78 Å². The Morgan fingerprint density at radius 3 is 2.35 bits per heavy atom. The normalized spacial score (nSPS) is 20.7. The quantitative estimate of drug-likeness (QED) is 0.429. The van der Waals surface area contributed by atoms with Crippen LogP contribution in [0.2, 0.25) is 0 Å². The molecule has 1 aromatic carbocycles. The molecule has 3 nitrogen and oxygen atoms in total. The molecule has 1 aromatic rings. The van der Waals surface area contributed by atoms with Gasteiger partial charge in [0.1, 0.15) is 11.6 Å². The minimum absolute atomic E-state index is 0. The van der Waals surface area contributed by atoms with Crippen LogP contribution in [0.3, 0.4) is 0 Å². The summed E-state index contributed by atoms with van der Waals surface area (Å²) in [7, 11) is 0. The third kappa shape index (κ3) is 4.33. The Morgan fingerprint density at radius 1 is 1.17 bits per heavy atom. The van der Waals surface area contributed by atoms with E-state index in [1.54, 1.807) is 0 Å². The Kier molecular flexibility index (Phi) is 6.22. The standard InChI is InChI=1S/C17H23F2N3.HI/c18-13-7-4-8-14(19)15(13)17(9-10-17)11-21-16(20)22-12-5-2-1-3-6-12;/h4,7-8,12H,1-3,5-6,9-11H2,(H3,20,21,22);1H. The second-order valence-corrected chi connectivity index (χ2v) is 6.56. The van der Waals surface area contributed by atoms with Crippen molar-refractivity contribution in [3.63, 3.8) is 0 Å². The number of rotatable bonds is 4. The van der Waals surface area contributed by atoms with Crippen LogP contribution in [0, 0.1) is 11.6 Å². The highest BCUT2D eigenvalue weighted by molar-refractivity contribution is 14.0. The van der Waals surface area contributed by atoms with E-state index in [9.17, 15) is 8.78 Å². The van der Waals surface area contributed by atoms with Crippen molar-refractivity contribution in [2.45, 2.75) is 56.4 Å². The van der Waals surface area contributed by atoms with Gasteiger partial charge < -0.3 is 11.1 Å². The average Bonchev–Trinajstić information content (AvgIpc) is 3.27. The van der Waals surface area contributed by atoms with Crippen molar-refractivity contribution in [2.24, 2.45) is 10.7 Å². The number of hydrogen-bond acceptors (Lipinski definition) is 1. The Morgan fingerprint density at radius 2 is 1.78 bits per heavy atom. The highest BCUT2D eigenvalue weighted by Gasteiger charge is 2.47. The Balaban J connectivity index is 0.00000192. The number of halogens is 3. The first-order valence-electron chi connectivity index (χ1n) is 8.12. The first kappa shape index (κ1) is 18.4. The zero-order chi connectivity index (χ0) is 15.6. The van der Waals surface area contributed by atoms with Gasteiger partial charge in [-0.2, -0.15) is 0 Å². The zero-order valence-corrected chi connectivity index (χ0v) is 15.5. The Labute approximate surface area is 153 Å². The molecule has 0 spiro atoms. The molecule has 0 saturated heterocycles. The molecule has 0 amide bonds. The lowest BCUT2D eigenvalue weighted by molar-refractivity contribution is 0.412. The first-order chi connectivity index (χ1) is 10.6. The average molecular weight is 435 g/mol. The van der Waals surface area contributed by atoms with Crippen LogP contribution in [0.1, 0.15) is 50.5 Å². The fourth-order valence-corrected chi connectivity index (χ4v) is 3.38. The van der Waals surface area contributed by atoms with E-state index in [2.05, 4.69) is 10.3 Å². The largest absolute Gasteiger partial charge is 0.370 e. The molecule has 0 heterocycles. The van der Waals surface area contributed by atoms with E-state index >= 15 is 0 Å². The summed E-state index contributed by atoms with van der Waals surface area (Å²) in [6, 6.07) is 4.40. The van der Waals surface area contributed by atoms with Crippen LogP contribution in [-0.2, 0) is 5.41 Å². The number of nitrogens with zero attached hydrogens (tertiary/aromatic N) is 1. The molecule has 3 rings (SSSR count). The van der Waals surface area contributed by atoms with Crippen molar-refractivity contribution < 1.29 is 8.78 Å². The van der Waals surface area contributed by atoms with Gasteiger partial charge in [0.15, 0.2) is 5.96 Å². The smallest absolute Gasteiger partial charge is 0.188 e. The lowest BCUT2D eigenvalue weighted by Gasteiger charge is -2.23. The monoisotopic (exact) mass is 435 g/mol. The topological polar surface area (TPSA) is 50.4 Å². The summed E-state index contributed by atoms with van der Waals surface area (Å²) in [6.45, 7) is 0.344. The molecule has 128 valence electrons. The lowest BCUT2D eigenvalue weighted by Crippen LogP contribution is -2.41. The number of aliphatic imine (C=N–C) groups is 1. The zero-order valence-electron chi connectivity index (χ0n) is 13.2. The van der Waals surface area contributed by atoms with Crippen LogP contribution >= 0.6 is 24.0 Å². The van der Waals surface area contributed by atoms with E-state index < -0.39 is 17.0 Å². The molecule has 2 aliphatic rings. The summed E-state index contributed by atoms with van der Waals surface area (Å²) >= 11 is 0. The molecule has 0 atom stereocenters. The van der Waals surface area contributed by atoms with Crippen LogP contribution in [0.15, 0.2) is 23.2 Å². The predicted octanol–water partition coefficient (Wildman–Crippen LogP) is 3.85. The molecule has 2 fully saturated rings. The minimum Gasteiger partial charge on any atom is -0.370 e. The molecule has 0 aliphatic heterocycles. The van der Waals surface area contributed by atoms with Crippen molar-refractivity contribution in [3.8, 4) is 0 Å². The second-order valence-electron chi connectivity index (χ2n) is 6.56. The van der Waals surface area contributed by atoms with Crippen molar-refractivity contribution in [3.05, 3.63) is 35.4 Å². The van der Waals surface area contributed by atoms with Crippen molar-refractivity contribution in [1.82, 2.24) is 5.32 Å². The van der Waals surface area contributed by atoms with Gasteiger partial charge in [0.2, 0.25) is 0 Å². The maximum absolute atomic E-state index is 13.9. The third-order valence-corrected chi connectivity index (χ3v) is 4.86.